The Kier molecular flexibility index (Phi) is 5.90. The van der Waals surface area contributed by atoms with E-state index in [2.05, 4.69) is 4.90 Å². The van der Waals surface area contributed by atoms with Gasteiger partial charge < -0.3 is 4.90 Å². The van der Waals surface area contributed by atoms with Crippen molar-refractivity contribution in [3.05, 3.63) is 71.8 Å². The molecule has 1 aliphatic carbocycles. The zero-order valence-electron chi connectivity index (χ0n) is 13.7. The molecule has 1 aliphatic rings. The zero-order chi connectivity index (χ0) is 17.6. The summed E-state index contributed by atoms with van der Waals surface area (Å²) in [4.78, 5) is 18.8. The zero-order valence-corrected chi connectivity index (χ0v) is 15.2. The smallest absolute Gasteiger partial charge is 0.186 e. The molecule has 0 radical (unpaired) electrons. The maximum absolute atomic E-state index is 12.0. The van der Waals surface area contributed by atoms with Crippen LogP contribution in [0.3, 0.4) is 0 Å². The number of anilines is 1. The van der Waals surface area contributed by atoms with E-state index in [0.29, 0.717) is 17.3 Å². The van der Waals surface area contributed by atoms with E-state index in [1.165, 1.54) is 0 Å². The molecular weight excluding hydrogens is 355 g/mol. The molecule has 0 N–H and O–H groups in total. The van der Waals surface area contributed by atoms with Gasteiger partial charge in [0.15, 0.2) is 5.78 Å². The lowest BCUT2D eigenvalue weighted by molar-refractivity contribution is 0.104. The molecule has 0 atom stereocenters. The summed E-state index contributed by atoms with van der Waals surface area (Å²) in [5, 5.41) is 0. The summed E-state index contributed by atoms with van der Waals surface area (Å²) in [5.74, 6) is 1.12. The monoisotopic (exact) mass is 372 g/mol. The fraction of sp³-hybridized carbons (Fsp3) is 0.200. The van der Waals surface area contributed by atoms with Crippen molar-refractivity contribution in [2.45, 2.75) is 0 Å². The van der Waals surface area contributed by atoms with Gasteiger partial charge in [0.2, 0.25) is 0 Å². The van der Waals surface area contributed by atoms with Crippen molar-refractivity contribution in [3.63, 3.8) is 0 Å². The average Bonchev–Trinajstić information content (AvgIpc) is 2.65. The Morgan fingerprint density at radius 2 is 1.48 bits per heavy atom. The van der Waals surface area contributed by atoms with Crippen LogP contribution in [0.15, 0.2) is 65.7 Å². The number of alkyl halides is 2. The molecule has 0 bridgehead atoms. The number of allylic oxidation sites excluding steroid dienone is 2. The van der Waals surface area contributed by atoms with Crippen LogP contribution in [0.25, 0.3) is 0 Å². The molecule has 5 heteroatoms. The van der Waals surface area contributed by atoms with Gasteiger partial charge in [-0.15, -0.1) is 23.2 Å². The minimum absolute atomic E-state index is 0.0164. The summed E-state index contributed by atoms with van der Waals surface area (Å²) >= 11 is 11.7. The highest BCUT2D eigenvalue weighted by atomic mass is 35.5. The molecular formula is C20H18Cl2N2O. The van der Waals surface area contributed by atoms with E-state index in [0.717, 1.165) is 35.7 Å². The van der Waals surface area contributed by atoms with Crippen LogP contribution in [0.1, 0.15) is 15.9 Å². The summed E-state index contributed by atoms with van der Waals surface area (Å²) in [6.07, 6.45) is 3.34. The number of carbonyl (C=O) groups is 1. The Morgan fingerprint density at radius 3 is 2.12 bits per heavy atom. The van der Waals surface area contributed by atoms with E-state index in [-0.39, 0.29) is 5.78 Å². The number of hydrogen-bond acceptors (Lipinski definition) is 3. The van der Waals surface area contributed by atoms with Crippen molar-refractivity contribution in [1.82, 2.24) is 0 Å². The third-order valence-electron chi connectivity index (χ3n) is 4.03. The predicted octanol–water partition coefficient (Wildman–Crippen LogP) is 4.84. The number of fused-ring (bicyclic) bond motifs is 1. The Balaban J connectivity index is 1.87. The summed E-state index contributed by atoms with van der Waals surface area (Å²) in [5.41, 5.74) is 4.26. The van der Waals surface area contributed by atoms with Gasteiger partial charge >= 0.3 is 0 Å². The lowest BCUT2D eigenvalue weighted by atomic mass is 9.94. The predicted molar refractivity (Wildman–Crippen MR) is 106 cm³/mol. The van der Waals surface area contributed by atoms with Crippen LogP contribution in [0.4, 0.5) is 11.4 Å². The summed E-state index contributed by atoms with van der Waals surface area (Å²) in [6.45, 7) is 1.50. The topological polar surface area (TPSA) is 32.7 Å². The molecule has 128 valence electrons. The van der Waals surface area contributed by atoms with E-state index in [9.17, 15) is 4.79 Å². The minimum atomic E-state index is 0.0164. The van der Waals surface area contributed by atoms with Gasteiger partial charge in [-0.3, -0.25) is 4.79 Å². The molecule has 25 heavy (non-hydrogen) atoms. The maximum Gasteiger partial charge on any atom is 0.186 e. The van der Waals surface area contributed by atoms with E-state index in [4.69, 9.17) is 28.2 Å². The summed E-state index contributed by atoms with van der Waals surface area (Å²) in [7, 11) is 0. The van der Waals surface area contributed by atoms with Crippen molar-refractivity contribution in [2.75, 3.05) is 29.7 Å². The highest BCUT2D eigenvalue weighted by Gasteiger charge is 2.16. The fourth-order valence-electron chi connectivity index (χ4n) is 2.80. The highest BCUT2D eigenvalue weighted by molar-refractivity contribution is 6.24. The number of carbonyl (C=O) groups excluding carboxylic acids is 1. The molecule has 0 fully saturated rings. The van der Waals surface area contributed by atoms with Crippen LogP contribution in [0, 0.1) is 0 Å². The lowest BCUT2D eigenvalue weighted by Crippen LogP contribution is -2.27. The van der Waals surface area contributed by atoms with Crippen molar-refractivity contribution >= 4 is 46.1 Å². The van der Waals surface area contributed by atoms with Crippen LogP contribution < -0.4 is 4.90 Å². The molecule has 0 unspecified atom stereocenters. The molecule has 3 rings (SSSR count). The highest BCUT2D eigenvalue weighted by Crippen LogP contribution is 2.23. The molecule has 0 heterocycles. The van der Waals surface area contributed by atoms with Gasteiger partial charge in [-0.1, -0.05) is 24.3 Å². The number of ketones is 1. The maximum atomic E-state index is 12.0. The van der Waals surface area contributed by atoms with Crippen LogP contribution in [0.5, 0.6) is 0 Å². The molecule has 2 aromatic carbocycles. The van der Waals surface area contributed by atoms with Crippen LogP contribution in [-0.2, 0) is 0 Å². The van der Waals surface area contributed by atoms with E-state index >= 15 is 0 Å². The first kappa shape index (κ1) is 17.7. The molecule has 0 aliphatic heterocycles. The van der Waals surface area contributed by atoms with Crippen molar-refractivity contribution in [3.8, 4) is 0 Å². The number of rotatable bonds is 6. The van der Waals surface area contributed by atoms with Gasteiger partial charge in [-0.05, 0) is 36.4 Å². The van der Waals surface area contributed by atoms with E-state index in [1.807, 2.05) is 48.5 Å². The van der Waals surface area contributed by atoms with Crippen molar-refractivity contribution < 1.29 is 4.79 Å². The number of nitrogens with zero attached hydrogens (tertiary/aromatic N) is 2. The fourth-order valence-corrected chi connectivity index (χ4v) is 3.21. The number of hydrogen-bond donors (Lipinski definition) is 0. The largest absolute Gasteiger partial charge is 0.369 e. The Morgan fingerprint density at radius 1 is 0.840 bits per heavy atom. The van der Waals surface area contributed by atoms with Gasteiger partial charge in [0, 0.05) is 41.7 Å². The second-order valence-corrected chi connectivity index (χ2v) is 6.38. The first-order valence-corrected chi connectivity index (χ1v) is 9.17. The standard InChI is InChI=1S/C20H18Cl2N2O/c21-11-13-24(14-12-22)16-7-5-15(6-8-16)23-19-9-10-20(25)18-4-2-1-3-17(18)19/h1-10H,11-14H2. The first-order valence-electron chi connectivity index (χ1n) is 8.10. The Labute approximate surface area is 157 Å². The van der Waals surface area contributed by atoms with Gasteiger partial charge in [0.1, 0.15) is 0 Å². The van der Waals surface area contributed by atoms with Crippen LogP contribution in [0.2, 0.25) is 0 Å². The number of aliphatic imine (C=N–C) groups is 1. The Bertz CT molecular complexity index is 807. The molecule has 0 amide bonds. The van der Waals surface area contributed by atoms with Gasteiger partial charge in [0.05, 0.1) is 11.4 Å². The average molecular weight is 373 g/mol. The molecule has 0 saturated heterocycles. The Hall–Kier alpha value is -2.10. The quantitative estimate of drug-likeness (QED) is 0.679. The second-order valence-electron chi connectivity index (χ2n) is 5.62. The first-order chi connectivity index (χ1) is 12.2. The van der Waals surface area contributed by atoms with Gasteiger partial charge in [-0.2, -0.15) is 0 Å². The summed E-state index contributed by atoms with van der Waals surface area (Å²) < 4.78 is 0. The van der Waals surface area contributed by atoms with Crippen LogP contribution >= 0.6 is 23.2 Å². The molecule has 3 nitrogen and oxygen atoms in total. The summed E-state index contributed by atoms with van der Waals surface area (Å²) in [6, 6.07) is 15.5. The van der Waals surface area contributed by atoms with Crippen molar-refractivity contribution in [1.29, 1.82) is 0 Å². The van der Waals surface area contributed by atoms with E-state index < -0.39 is 0 Å². The minimum Gasteiger partial charge on any atom is -0.369 e. The SMILES string of the molecule is O=C1C=CC(=Nc2ccc(N(CCCl)CCCl)cc2)c2ccccc21. The van der Waals surface area contributed by atoms with Gasteiger partial charge in [0.25, 0.3) is 0 Å². The molecule has 0 spiro atoms. The second kappa shape index (κ2) is 8.32. The number of halogens is 2. The van der Waals surface area contributed by atoms with Crippen LogP contribution in [-0.4, -0.2) is 36.3 Å². The molecule has 0 saturated carbocycles. The molecule has 0 aromatic heterocycles. The van der Waals surface area contributed by atoms with Crippen molar-refractivity contribution in [2.24, 2.45) is 4.99 Å². The lowest BCUT2D eigenvalue weighted by Gasteiger charge is -2.22. The normalized spacial score (nSPS) is 14.6. The van der Waals surface area contributed by atoms with E-state index in [1.54, 1.807) is 12.2 Å². The third kappa shape index (κ3) is 4.12. The number of benzene rings is 2. The van der Waals surface area contributed by atoms with Gasteiger partial charge in [-0.25, -0.2) is 4.99 Å². The third-order valence-corrected chi connectivity index (χ3v) is 4.37. The molecule has 2 aromatic rings.